The summed E-state index contributed by atoms with van der Waals surface area (Å²) in [6, 6.07) is 2.54. The predicted octanol–water partition coefficient (Wildman–Crippen LogP) is 2.60. The van der Waals surface area contributed by atoms with Gasteiger partial charge in [0.1, 0.15) is 11.9 Å². The van der Waals surface area contributed by atoms with Crippen molar-refractivity contribution >= 4 is 5.82 Å². The maximum absolute atomic E-state index is 5.92. The minimum atomic E-state index is -0.0458. The summed E-state index contributed by atoms with van der Waals surface area (Å²) >= 11 is 0. The number of hydrogen-bond acceptors (Lipinski definition) is 5. The van der Waals surface area contributed by atoms with Crippen LogP contribution in [0.25, 0.3) is 0 Å². The minimum Gasteiger partial charge on any atom is -0.373 e. The monoisotopic (exact) mass is 292 g/mol. The lowest BCUT2D eigenvalue weighted by molar-refractivity contribution is -0.0443. The summed E-state index contributed by atoms with van der Waals surface area (Å²) in [7, 11) is 1.89. The molecule has 21 heavy (non-hydrogen) atoms. The van der Waals surface area contributed by atoms with Crippen molar-refractivity contribution in [1.82, 2.24) is 14.9 Å². The first-order chi connectivity index (χ1) is 9.81. The molecule has 0 radical (unpaired) electrons. The van der Waals surface area contributed by atoms with E-state index in [1.807, 2.05) is 13.1 Å². The summed E-state index contributed by atoms with van der Waals surface area (Å²) in [6.45, 7) is 13.5. The second kappa shape index (κ2) is 6.28. The third kappa shape index (κ3) is 3.92. The first kappa shape index (κ1) is 16.2. The lowest BCUT2D eigenvalue weighted by Crippen LogP contribution is -2.42. The van der Waals surface area contributed by atoms with Crippen LogP contribution in [0.15, 0.2) is 6.07 Å². The van der Waals surface area contributed by atoms with Crippen molar-refractivity contribution in [3.63, 3.8) is 0 Å². The molecule has 0 spiro atoms. The van der Waals surface area contributed by atoms with Crippen LogP contribution in [0.3, 0.4) is 0 Å². The molecule has 1 aromatic rings. The molecule has 118 valence electrons. The van der Waals surface area contributed by atoms with Crippen molar-refractivity contribution in [3.8, 4) is 0 Å². The van der Waals surface area contributed by atoms with Gasteiger partial charge in [0.15, 0.2) is 5.82 Å². The van der Waals surface area contributed by atoms with Crippen LogP contribution in [0.5, 0.6) is 0 Å². The lowest BCUT2D eigenvalue weighted by Gasteiger charge is -2.35. The van der Waals surface area contributed by atoms with Crippen molar-refractivity contribution < 1.29 is 4.74 Å². The fourth-order valence-electron chi connectivity index (χ4n) is 2.42. The van der Waals surface area contributed by atoms with Crippen molar-refractivity contribution in [2.45, 2.75) is 52.2 Å². The number of morpholine rings is 1. The van der Waals surface area contributed by atoms with Gasteiger partial charge in [-0.25, -0.2) is 9.97 Å². The van der Waals surface area contributed by atoms with E-state index in [-0.39, 0.29) is 11.5 Å². The summed E-state index contributed by atoms with van der Waals surface area (Å²) in [6.07, 6.45) is -0.0458. The Morgan fingerprint density at radius 3 is 2.62 bits per heavy atom. The summed E-state index contributed by atoms with van der Waals surface area (Å²) < 4.78 is 5.92. The third-order valence-corrected chi connectivity index (χ3v) is 3.88. The molecular formula is C16H28N4O. The molecule has 1 saturated heterocycles. The molecule has 5 nitrogen and oxygen atoms in total. The van der Waals surface area contributed by atoms with E-state index in [0.29, 0.717) is 6.04 Å². The molecule has 1 fully saturated rings. The zero-order chi connectivity index (χ0) is 15.6. The van der Waals surface area contributed by atoms with Gasteiger partial charge in [-0.1, -0.05) is 20.8 Å². The summed E-state index contributed by atoms with van der Waals surface area (Å²) in [4.78, 5) is 11.8. The standard InChI is InChI=1S/C16H28N4O/c1-11(2)20-7-8-21-12(10-20)15-18-13(16(3,4)5)9-14(17-6)19-15/h9,11-12H,7-8,10H2,1-6H3,(H,17,18,19). The van der Waals surface area contributed by atoms with Crippen LogP contribution >= 0.6 is 0 Å². The van der Waals surface area contributed by atoms with E-state index in [2.05, 4.69) is 49.8 Å². The number of aromatic nitrogens is 2. The van der Waals surface area contributed by atoms with E-state index in [1.54, 1.807) is 0 Å². The maximum atomic E-state index is 5.92. The van der Waals surface area contributed by atoms with E-state index in [9.17, 15) is 0 Å². The molecule has 0 aliphatic carbocycles. The Morgan fingerprint density at radius 1 is 1.33 bits per heavy atom. The van der Waals surface area contributed by atoms with Crippen LogP contribution in [0.4, 0.5) is 5.82 Å². The number of anilines is 1. The highest BCUT2D eigenvalue weighted by Crippen LogP contribution is 2.26. The predicted molar refractivity (Wildman–Crippen MR) is 85.7 cm³/mol. The molecule has 1 atom stereocenters. The van der Waals surface area contributed by atoms with Gasteiger partial charge >= 0.3 is 0 Å². The number of nitrogens with zero attached hydrogens (tertiary/aromatic N) is 3. The molecule has 1 aliphatic heterocycles. The van der Waals surface area contributed by atoms with Gasteiger partial charge in [-0.3, -0.25) is 4.90 Å². The van der Waals surface area contributed by atoms with Crippen LogP contribution in [-0.4, -0.2) is 47.7 Å². The number of rotatable bonds is 3. The second-order valence-corrected chi connectivity index (χ2v) is 6.94. The molecule has 5 heteroatoms. The Labute approximate surface area is 128 Å². The van der Waals surface area contributed by atoms with E-state index < -0.39 is 0 Å². The van der Waals surface area contributed by atoms with Crippen LogP contribution in [0.1, 0.15) is 52.2 Å². The van der Waals surface area contributed by atoms with Gasteiger partial charge in [0.2, 0.25) is 0 Å². The molecule has 1 N–H and O–H groups in total. The highest BCUT2D eigenvalue weighted by Gasteiger charge is 2.27. The van der Waals surface area contributed by atoms with E-state index in [1.165, 1.54) is 0 Å². The average Bonchev–Trinajstić information content (AvgIpc) is 2.46. The molecule has 0 saturated carbocycles. The summed E-state index contributed by atoms with van der Waals surface area (Å²) in [5.74, 6) is 1.65. The maximum Gasteiger partial charge on any atom is 0.161 e. The normalized spacial score (nSPS) is 20.8. The molecule has 2 rings (SSSR count). The molecule has 0 aromatic carbocycles. The Morgan fingerprint density at radius 2 is 2.05 bits per heavy atom. The Kier molecular flexibility index (Phi) is 4.84. The van der Waals surface area contributed by atoms with Gasteiger partial charge < -0.3 is 10.1 Å². The highest BCUT2D eigenvalue weighted by molar-refractivity contribution is 5.37. The molecule has 1 aromatic heterocycles. The Bertz CT molecular complexity index is 482. The Balaban J connectivity index is 2.30. The summed E-state index contributed by atoms with van der Waals surface area (Å²) in [5.41, 5.74) is 1.04. The van der Waals surface area contributed by atoms with Crippen molar-refractivity contribution in [2.75, 3.05) is 32.1 Å². The molecular weight excluding hydrogens is 264 g/mol. The molecule has 0 bridgehead atoms. The van der Waals surface area contributed by atoms with Gasteiger partial charge in [0.25, 0.3) is 0 Å². The topological polar surface area (TPSA) is 50.3 Å². The second-order valence-electron chi connectivity index (χ2n) is 6.94. The van der Waals surface area contributed by atoms with Crippen LogP contribution in [0.2, 0.25) is 0 Å². The van der Waals surface area contributed by atoms with Crippen LogP contribution in [-0.2, 0) is 10.2 Å². The van der Waals surface area contributed by atoms with Gasteiger partial charge in [-0.2, -0.15) is 0 Å². The number of ether oxygens (including phenoxy) is 1. The Hall–Kier alpha value is -1.20. The van der Waals surface area contributed by atoms with E-state index >= 15 is 0 Å². The fraction of sp³-hybridized carbons (Fsp3) is 0.750. The largest absolute Gasteiger partial charge is 0.373 e. The molecule has 0 amide bonds. The third-order valence-electron chi connectivity index (χ3n) is 3.88. The molecule has 2 heterocycles. The SMILES string of the molecule is CNc1cc(C(C)(C)C)nc(C2CN(C(C)C)CCO2)n1. The number of nitrogens with one attached hydrogen (secondary N) is 1. The van der Waals surface area contributed by atoms with E-state index in [4.69, 9.17) is 9.72 Å². The minimum absolute atomic E-state index is 0.00427. The zero-order valence-corrected chi connectivity index (χ0v) is 14.1. The number of hydrogen-bond donors (Lipinski definition) is 1. The smallest absolute Gasteiger partial charge is 0.161 e. The molecule has 1 aliphatic rings. The zero-order valence-electron chi connectivity index (χ0n) is 14.1. The van der Waals surface area contributed by atoms with Gasteiger partial charge in [0.05, 0.1) is 12.3 Å². The quantitative estimate of drug-likeness (QED) is 0.928. The highest BCUT2D eigenvalue weighted by atomic mass is 16.5. The van der Waals surface area contributed by atoms with Gasteiger partial charge in [0, 0.05) is 37.7 Å². The van der Waals surface area contributed by atoms with Crippen molar-refractivity contribution in [1.29, 1.82) is 0 Å². The van der Waals surface area contributed by atoms with Crippen LogP contribution in [0, 0.1) is 0 Å². The molecule has 1 unspecified atom stereocenters. The van der Waals surface area contributed by atoms with Crippen molar-refractivity contribution in [3.05, 3.63) is 17.6 Å². The van der Waals surface area contributed by atoms with E-state index in [0.717, 1.165) is 37.0 Å². The summed E-state index contributed by atoms with van der Waals surface area (Å²) in [5, 5.41) is 3.13. The van der Waals surface area contributed by atoms with Crippen LogP contribution < -0.4 is 5.32 Å². The fourth-order valence-corrected chi connectivity index (χ4v) is 2.42. The lowest BCUT2D eigenvalue weighted by atomic mass is 9.92. The first-order valence-electron chi connectivity index (χ1n) is 7.74. The van der Waals surface area contributed by atoms with Gasteiger partial charge in [-0.15, -0.1) is 0 Å². The first-order valence-corrected chi connectivity index (χ1v) is 7.74. The van der Waals surface area contributed by atoms with Gasteiger partial charge in [-0.05, 0) is 13.8 Å². The average molecular weight is 292 g/mol. The van der Waals surface area contributed by atoms with Crippen molar-refractivity contribution in [2.24, 2.45) is 0 Å².